The molecule has 0 aliphatic carbocycles. The van der Waals surface area contributed by atoms with Gasteiger partial charge in [-0.25, -0.2) is 4.68 Å². The molecule has 3 heterocycles. The van der Waals surface area contributed by atoms with Crippen molar-refractivity contribution in [1.29, 1.82) is 0 Å². The number of carbonyl (C=O) groups excluding carboxylic acids is 1. The van der Waals surface area contributed by atoms with Gasteiger partial charge in [-0.3, -0.25) is 4.79 Å². The largest absolute Gasteiger partial charge is 0.368 e. The first-order chi connectivity index (χ1) is 13.2. The zero-order chi connectivity index (χ0) is 18.8. The maximum atomic E-state index is 13.1. The third-order valence-corrected chi connectivity index (χ3v) is 5.65. The molecule has 4 rings (SSSR count). The molecule has 0 saturated carbocycles. The van der Waals surface area contributed by atoms with Crippen LogP contribution in [0.1, 0.15) is 13.8 Å². The van der Waals surface area contributed by atoms with Crippen LogP contribution in [0.3, 0.4) is 0 Å². The van der Waals surface area contributed by atoms with Crippen LogP contribution in [0.4, 0.5) is 11.6 Å². The van der Waals surface area contributed by atoms with E-state index < -0.39 is 0 Å². The summed E-state index contributed by atoms with van der Waals surface area (Å²) in [5.74, 6) is 1.74. The predicted molar refractivity (Wildman–Crippen MR) is 108 cm³/mol. The Morgan fingerprint density at radius 1 is 1.19 bits per heavy atom. The summed E-state index contributed by atoms with van der Waals surface area (Å²) in [6, 6.07) is 10.4. The maximum absolute atomic E-state index is 13.1. The molecule has 2 aliphatic rings. The number of hydrogen-bond acceptors (Lipinski definition) is 6. The number of para-hydroxylation sites is 1. The van der Waals surface area contributed by atoms with Gasteiger partial charge in [-0.05, 0) is 24.8 Å². The summed E-state index contributed by atoms with van der Waals surface area (Å²) in [5, 5.41) is 8.49. The second-order valence-electron chi connectivity index (χ2n) is 6.65. The number of amides is 1. The van der Waals surface area contributed by atoms with Gasteiger partial charge in [0.1, 0.15) is 0 Å². The van der Waals surface area contributed by atoms with Crippen molar-refractivity contribution < 1.29 is 4.79 Å². The number of fused-ring (bicyclic) bond motifs is 1. The Hall–Kier alpha value is -2.48. The quantitative estimate of drug-likeness (QED) is 0.817. The summed E-state index contributed by atoms with van der Waals surface area (Å²) in [6.45, 7) is 7.65. The number of carbonyl (C=O) groups is 1. The smallest absolute Gasteiger partial charge is 0.253 e. The highest BCUT2D eigenvalue weighted by molar-refractivity contribution is 7.99. The minimum atomic E-state index is 0.0959. The summed E-state index contributed by atoms with van der Waals surface area (Å²) in [4.78, 5) is 21.8. The van der Waals surface area contributed by atoms with Crippen LogP contribution in [0.15, 0.2) is 46.8 Å². The van der Waals surface area contributed by atoms with E-state index in [4.69, 9.17) is 0 Å². The summed E-state index contributed by atoms with van der Waals surface area (Å²) in [5.41, 5.74) is 2.86. The predicted octanol–water partition coefficient (Wildman–Crippen LogP) is 2.44. The van der Waals surface area contributed by atoms with Crippen LogP contribution in [0, 0.1) is 0 Å². The summed E-state index contributed by atoms with van der Waals surface area (Å²) in [6.07, 6.45) is 0. The van der Waals surface area contributed by atoms with Gasteiger partial charge in [0.25, 0.3) is 5.91 Å². The number of rotatable bonds is 4. The monoisotopic (exact) mass is 384 g/mol. The number of benzene rings is 1. The Balaban J connectivity index is 1.42. The molecule has 1 fully saturated rings. The molecule has 2 aromatic rings. The van der Waals surface area contributed by atoms with Gasteiger partial charge in [0.2, 0.25) is 11.1 Å². The molecule has 2 aliphatic heterocycles. The van der Waals surface area contributed by atoms with Crippen molar-refractivity contribution in [3.8, 4) is 0 Å². The van der Waals surface area contributed by atoms with Crippen molar-refractivity contribution in [1.82, 2.24) is 19.7 Å². The molecule has 142 valence electrons. The number of nitrogens with one attached hydrogen (secondary N) is 1. The molecule has 27 heavy (non-hydrogen) atoms. The van der Waals surface area contributed by atoms with Crippen molar-refractivity contribution in [3.63, 3.8) is 0 Å². The first-order valence-electron chi connectivity index (χ1n) is 9.29. The summed E-state index contributed by atoms with van der Waals surface area (Å²) < 4.78 is 1.79. The lowest BCUT2D eigenvalue weighted by molar-refractivity contribution is -0.127. The third-order valence-electron chi connectivity index (χ3n) is 4.93. The van der Waals surface area contributed by atoms with Gasteiger partial charge < -0.3 is 15.1 Å². The Morgan fingerprint density at radius 3 is 2.63 bits per heavy atom. The van der Waals surface area contributed by atoms with E-state index in [2.05, 4.69) is 51.5 Å². The third kappa shape index (κ3) is 3.66. The van der Waals surface area contributed by atoms with Crippen LogP contribution in [-0.2, 0) is 11.3 Å². The molecule has 1 N–H and O–H groups in total. The van der Waals surface area contributed by atoms with Gasteiger partial charge >= 0.3 is 0 Å². The first-order valence-corrected chi connectivity index (χ1v) is 10.3. The molecule has 1 aromatic carbocycles. The lowest BCUT2D eigenvalue weighted by atomic mass is 10.1. The number of aromatic nitrogens is 3. The number of anilines is 2. The zero-order valence-corrected chi connectivity index (χ0v) is 16.5. The SMILES string of the molecule is CCSc1nc2n(n1)CC(C(=O)N1CCN(c3ccccc3)CC1)=C(C)N2. The minimum absolute atomic E-state index is 0.0959. The standard InChI is InChI=1S/C19H24N6OS/c1-3-27-19-21-18-20-14(2)16(13-25(18)22-19)17(26)24-11-9-23(10-12-24)15-7-5-4-6-8-15/h4-8H,3,9-13H2,1-2H3,(H,20,21,22). The van der Waals surface area contributed by atoms with Gasteiger partial charge in [-0.1, -0.05) is 36.9 Å². The number of thioether (sulfide) groups is 1. The van der Waals surface area contributed by atoms with Crippen LogP contribution in [-0.4, -0.2) is 57.5 Å². The van der Waals surface area contributed by atoms with Crippen LogP contribution in [0.5, 0.6) is 0 Å². The lowest BCUT2D eigenvalue weighted by Crippen LogP contribution is -2.49. The van der Waals surface area contributed by atoms with Gasteiger partial charge in [-0.2, -0.15) is 4.98 Å². The fourth-order valence-electron chi connectivity index (χ4n) is 3.45. The molecule has 0 radical (unpaired) electrons. The highest BCUT2D eigenvalue weighted by Gasteiger charge is 2.28. The fraction of sp³-hybridized carbons (Fsp3) is 0.421. The molecule has 1 saturated heterocycles. The summed E-state index contributed by atoms with van der Waals surface area (Å²) >= 11 is 1.60. The molecule has 0 spiro atoms. The Kier molecular flexibility index (Phi) is 5.07. The van der Waals surface area contributed by atoms with Crippen LogP contribution < -0.4 is 10.2 Å². The van der Waals surface area contributed by atoms with Crippen LogP contribution in [0.2, 0.25) is 0 Å². The molecular weight excluding hydrogens is 360 g/mol. The average Bonchev–Trinajstić information content (AvgIpc) is 3.09. The number of hydrogen-bond donors (Lipinski definition) is 1. The van der Waals surface area contributed by atoms with Crippen molar-refractivity contribution in [2.45, 2.75) is 25.5 Å². The van der Waals surface area contributed by atoms with E-state index >= 15 is 0 Å². The maximum Gasteiger partial charge on any atom is 0.253 e. The van der Waals surface area contributed by atoms with E-state index in [1.165, 1.54) is 5.69 Å². The van der Waals surface area contributed by atoms with Crippen LogP contribution in [0.25, 0.3) is 0 Å². The van der Waals surface area contributed by atoms with Crippen molar-refractivity contribution >= 4 is 29.3 Å². The second-order valence-corrected chi connectivity index (χ2v) is 7.88. The van der Waals surface area contributed by atoms with E-state index in [1.807, 2.05) is 17.9 Å². The molecule has 0 atom stereocenters. The minimum Gasteiger partial charge on any atom is -0.368 e. The van der Waals surface area contributed by atoms with E-state index in [1.54, 1.807) is 16.4 Å². The van der Waals surface area contributed by atoms with Crippen molar-refractivity contribution in [3.05, 3.63) is 41.6 Å². The average molecular weight is 385 g/mol. The van der Waals surface area contributed by atoms with E-state index in [9.17, 15) is 4.79 Å². The van der Waals surface area contributed by atoms with Gasteiger partial charge in [0.15, 0.2) is 0 Å². The Labute approximate surface area is 163 Å². The van der Waals surface area contributed by atoms with Gasteiger partial charge in [0, 0.05) is 37.6 Å². The highest BCUT2D eigenvalue weighted by atomic mass is 32.2. The van der Waals surface area contributed by atoms with Crippen molar-refractivity contribution in [2.24, 2.45) is 0 Å². The number of allylic oxidation sites excluding steroid dienone is 1. The summed E-state index contributed by atoms with van der Waals surface area (Å²) in [7, 11) is 0. The van der Waals surface area contributed by atoms with Gasteiger partial charge in [0.05, 0.1) is 12.1 Å². The lowest BCUT2D eigenvalue weighted by Gasteiger charge is -2.37. The fourth-order valence-corrected chi connectivity index (χ4v) is 4.02. The highest BCUT2D eigenvalue weighted by Crippen LogP contribution is 2.25. The number of piperazine rings is 1. The van der Waals surface area contributed by atoms with Gasteiger partial charge in [-0.15, -0.1) is 5.10 Å². The Morgan fingerprint density at radius 2 is 1.93 bits per heavy atom. The second kappa shape index (κ2) is 7.64. The molecule has 7 nitrogen and oxygen atoms in total. The molecular formula is C19H24N6OS. The Bertz CT molecular complexity index is 854. The molecule has 1 aromatic heterocycles. The molecule has 0 bridgehead atoms. The number of nitrogens with zero attached hydrogens (tertiary/aromatic N) is 5. The normalized spacial score (nSPS) is 17.0. The topological polar surface area (TPSA) is 66.3 Å². The van der Waals surface area contributed by atoms with E-state index in [0.717, 1.165) is 48.4 Å². The zero-order valence-electron chi connectivity index (χ0n) is 15.7. The molecule has 8 heteroatoms. The molecule has 0 unspecified atom stereocenters. The van der Waals surface area contributed by atoms with E-state index in [-0.39, 0.29) is 5.91 Å². The molecule has 1 amide bonds. The first kappa shape index (κ1) is 17.9. The van der Waals surface area contributed by atoms with Crippen LogP contribution >= 0.6 is 11.8 Å². The van der Waals surface area contributed by atoms with E-state index in [0.29, 0.717) is 12.5 Å². The van der Waals surface area contributed by atoms with Crippen molar-refractivity contribution in [2.75, 3.05) is 42.1 Å².